The molecule has 0 fully saturated rings. The Bertz CT molecular complexity index is 488. The molecule has 0 aromatic carbocycles. The zero-order valence-electron chi connectivity index (χ0n) is 18.2. The van der Waals surface area contributed by atoms with Gasteiger partial charge in [0.05, 0.1) is 26.4 Å². The third-order valence-electron chi connectivity index (χ3n) is 4.19. The second-order valence-corrected chi connectivity index (χ2v) is 11.6. The van der Waals surface area contributed by atoms with Crippen molar-refractivity contribution in [3.8, 4) is 0 Å². The van der Waals surface area contributed by atoms with Crippen LogP contribution in [0.15, 0.2) is 0 Å². The molecule has 6 N–H and O–H groups in total. The van der Waals surface area contributed by atoms with E-state index < -0.39 is 15.5 Å². The molecule has 0 saturated heterocycles. The lowest BCUT2D eigenvalue weighted by Gasteiger charge is -2.24. The summed E-state index contributed by atoms with van der Waals surface area (Å²) in [6.45, 7) is 10.3. The van der Waals surface area contributed by atoms with Crippen LogP contribution in [0.25, 0.3) is 0 Å². The van der Waals surface area contributed by atoms with Crippen molar-refractivity contribution in [3.05, 3.63) is 0 Å². The molecule has 0 aromatic rings. The van der Waals surface area contributed by atoms with Crippen LogP contribution in [-0.4, -0.2) is 49.4 Å². The van der Waals surface area contributed by atoms with Crippen LogP contribution in [0.2, 0.25) is 0 Å². The van der Waals surface area contributed by atoms with E-state index in [9.17, 15) is 9.13 Å². The Hall–Kier alpha value is 0.140. The van der Waals surface area contributed by atoms with Gasteiger partial charge in [-0.3, -0.25) is 9.05 Å². The van der Waals surface area contributed by atoms with E-state index in [1.807, 2.05) is 27.7 Å². The number of hydrogen-bond donors (Lipinski definition) is 4. The molecule has 0 spiro atoms. The number of ether oxygens (including phenoxy) is 2. The van der Waals surface area contributed by atoms with Gasteiger partial charge < -0.3 is 19.3 Å². The monoisotopic (exact) mass is 462 g/mol. The first-order valence-corrected chi connectivity index (χ1v) is 13.1. The number of unbranched alkanes of at least 4 members (excludes halogenated alkanes) is 1. The maximum Gasteiger partial charge on any atom is 0.400 e. The number of nitrogens with two attached hydrogens (primary N) is 2. The van der Waals surface area contributed by atoms with Crippen LogP contribution in [0, 0.1) is 10.8 Å². The Balaban J connectivity index is 3.58. The number of rotatable bonds is 18. The molecule has 2 unspecified atom stereocenters. The van der Waals surface area contributed by atoms with E-state index in [0.717, 1.165) is 32.1 Å². The highest BCUT2D eigenvalue weighted by Gasteiger charge is 2.23. The van der Waals surface area contributed by atoms with Gasteiger partial charge in [-0.05, 0) is 36.5 Å². The van der Waals surface area contributed by atoms with E-state index >= 15 is 0 Å². The second-order valence-electron chi connectivity index (χ2n) is 8.79. The van der Waals surface area contributed by atoms with Gasteiger partial charge in [0.15, 0.2) is 0 Å². The SMILES string of the molecule is CC(C)(CCCCOCCOCCCC(C)(C)COP(N)(=O)O)COP(N)(=O)O. The Morgan fingerprint density at radius 1 is 0.690 bits per heavy atom. The van der Waals surface area contributed by atoms with Crippen molar-refractivity contribution in [2.24, 2.45) is 21.8 Å². The molecule has 10 nitrogen and oxygen atoms in total. The molecule has 0 aliphatic heterocycles. The fourth-order valence-corrected chi connectivity index (χ4v) is 3.53. The first kappa shape index (κ1) is 29.1. The lowest BCUT2D eigenvalue weighted by atomic mass is 9.88. The molecule has 0 radical (unpaired) electrons. The molecule has 0 aliphatic rings. The van der Waals surface area contributed by atoms with Crippen LogP contribution in [0.4, 0.5) is 0 Å². The highest BCUT2D eigenvalue weighted by Crippen LogP contribution is 2.36. The largest absolute Gasteiger partial charge is 0.400 e. The summed E-state index contributed by atoms with van der Waals surface area (Å²) in [5, 5.41) is 0. The van der Waals surface area contributed by atoms with Gasteiger partial charge >= 0.3 is 15.5 Å². The van der Waals surface area contributed by atoms with Crippen LogP contribution < -0.4 is 11.0 Å². The molecular formula is C17H40N2O8P2. The van der Waals surface area contributed by atoms with Crippen LogP contribution in [0.3, 0.4) is 0 Å². The van der Waals surface area contributed by atoms with Crippen LogP contribution in [0.5, 0.6) is 0 Å². The van der Waals surface area contributed by atoms with Gasteiger partial charge in [0, 0.05) is 13.2 Å². The third-order valence-corrected chi connectivity index (χ3v) is 5.19. The van der Waals surface area contributed by atoms with Gasteiger partial charge in [0.1, 0.15) is 0 Å². The number of hydrogen-bond acceptors (Lipinski definition) is 6. The van der Waals surface area contributed by atoms with Gasteiger partial charge in [-0.1, -0.05) is 34.1 Å². The molecule has 176 valence electrons. The molecule has 12 heteroatoms. The summed E-state index contributed by atoms with van der Waals surface area (Å²) in [6, 6.07) is 0. The Kier molecular flexibility index (Phi) is 13.6. The summed E-state index contributed by atoms with van der Waals surface area (Å²) in [5.74, 6) is 0. The molecule has 0 rings (SSSR count). The fourth-order valence-electron chi connectivity index (χ4n) is 2.46. The van der Waals surface area contributed by atoms with E-state index in [1.165, 1.54) is 0 Å². The van der Waals surface area contributed by atoms with Crippen molar-refractivity contribution in [2.75, 3.05) is 39.6 Å². The lowest BCUT2D eigenvalue weighted by molar-refractivity contribution is 0.0395. The average Bonchev–Trinajstić information content (AvgIpc) is 2.55. The van der Waals surface area contributed by atoms with Crippen molar-refractivity contribution >= 4 is 15.5 Å². The summed E-state index contributed by atoms with van der Waals surface area (Å²) >= 11 is 0. The predicted molar refractivity (Wildman–Crippen MR) is 112 cm³/mol. The van der Waals surface area contributed by atoms with E-state index in [0.29, 0.717) is 26.4 Å². The van der Waals surface area contributed by atoms with E-state index in [1.54, 1.807) is 0 Å². The van der Waals surface area contributed by atoms with Crippen molar-refractivity contribution in [3.63, 3.8) is 0 Å². The molecule has 0 bridgehead atoms. The van der Waals surface area contributed by atoms with E-state index in [-0.39, 0.29) is 24.0 Å². The first-order chi connectivity index (χ1) is 13.1. The van der Waals surface area contributed by atoms with Crippen molar-refractivity contribution < 1.29 is 37.4 Å². The average molecular weight is 462 g/mol. The topological polar surface area (TPSA) is 164 Å². The van der Waals surface area contributed by atoms with Gasteiger partial charge in [-0.25, -0.2) is 20.1 Å². The van der Waals surface area contributed by atoms with Crippen LogP contribution in [-0.2, 0) is 27.7 Å². The minimum absolute atomic E-state index is 0.120. The van der Waals surface area contributed by atoms with Crippen molar-refractivity contribution in [1.82, 2.24) is 0 Å². The van der Waals surface area contributed by atoms with E-state index in [4.69, 9.17) is 39.3 Å². The summed E-state index contributed by atoms with van der Waals surface area (Å²) in [6.07, 6.45) is 4.22. The molecule has 0 heterocycles. The van der Waals surface area contributed by atoms with Crippen LogP contribution >= 0.6 is 15.5 Å². The van der Waals surface area contributed by atoms with Crippen LogP contribution in [0.1, 0.15) is 59.8 Å². The lowest BCUT2D eigenvalue weighted by Crippen LogP contribution is -2.20. The third kappa shape index (κ3) is 21.2. The summed E-state index contributed by atoms with van der Waals surface area (Å²) in [4.78, 5) is 17.9. The maximum atomic E-state index is 11.0. The minimum Gasteiger partial charge on any atom is -0.379 e. The zero-order valence-corrected chi connectivity index (χ0v) is 20.0. The molecule has 0 amide bonds. The van der Waals surface area contributed by atoms with Gasteiger partial charge in [0.2, 0.25) is 0 Å². The van der Waals surface area contributed by atoms with Gasteiger partial charge in [0.25, 0.3) is 0 Å². The Morgan fingerprint density at radius 3 is 1.48 bits per heavy atom. The molecule has 29 heavy (non-hydrogen) atoms. The Morgan fingerprint density at radius 2 is 1.07 bits per heavy atom. The van der Waals surface area contributed by atoms with Gasteiger partial charge in [-0.2, -0.15) is 0 Å². The smallest absolute Gasteiger partial charge is 0.379 e. The highest BCUT2D eigenvalue weighted by molar-refractivity contribution is 7.50. The normalized spacial score (nSPS) is 17.1. The molecule has 2 atom stereocenters. The maximum absolute atomic E-state index is 11.0. The fraction of sp³-hybridized carbons (Fsp3) is 1.00. The van der Waals surface area contributed by atoms with Gasteiger partial charge in [-0.15, -0.1) is 0 Å². The standard InChI is InChI=1S/C17H40N2O8P2/c1-16(2,14-26-28(18,20)21)8-5-6-10-24-12-13-25-11-7-9-17(3,4)15-27-29(19,22)23/h5-15H2,1-4H3,(H3,18,20,21)(H3,19,22,23). The summed E-state index contributed by atoms with van der Waals surface area (Å²) in [5.41, 5.74) is 9.46. The minimum atomic E-state index is -3.93. The van der Waals surface area contributed by atoms with Crippen molar-refractivity contribution in [1.29, 1.82) is 0 Å². The second kappa shape index (κ2) is 13.5. The molecule has 0 saturated carbocycles. The first-order valence-electron chi connectivity index (χ1n) is 9.79. The summed E-state index contributed by atoms with van der Waals surface area (Å²) < 4.78 is 42.6. The molecule has 0 aromatic heterocycles. The molecular weight excluding hydrogens is 422 g/mol. The van der Waals surface area contributed by atoms with E-state index in [2.05, 4.69) is 0 Å². The highest BCUT2D eigenvalue weighted by atomic mass is 31.2. The Labute approximate surface area is 174 Å². The zero-order chi connectivity index (χ0) is 22.6. The molecule has 0 aliphatic carbocycles. The quantitative estimate of drug-likeness (QED) is 0.176. The van der Waals surface area contributed by atoms with Crippen molar-refractivity contribution in [2.45, 2.75) is 59.8 Å². The summed E-state index contributed by atoms with van der Waals surface area (Å²) in [7, 11) is -7.85. The predicted octanol–water partition coefficient (Wildman–Crippen LogP) is 3.17.